The zero-order chi connectivity index (χ0) is 9.68. The monoisotopic (exact) mass is 183 g/mol. The van der Waals surface area contributed by atoms with Crippen LogP contribution in [0.1, 0.15) is 26.2 Å². The van der Waals surface area contributed by atoms with Crippen LogP contribution in [0.2, 0.25) is 0 Å². The molecule has 1 aliphatic rings. The lowest BCUT2D eigenvalue weighted by Crippen LogP contribution is -2.35. The number of aliphatic hydroxyl groups excluding tert-OH is 1. The van der Waals surface area contributed by atoms with Crippen LogP contribution >= 0.6 is 0 Å². The third kappa shape index (κ3) is 2.82. The molecule has 1 fully saturated rings. The van der Waals surface area contributed by atoms with Crippen LogP contribution in [0, 0.1) is 5.92 Å². The highest BCUT2D eigenvalue weighted by Crippen LogP contribution is 2.23. The minimum absolute atomic E-state index is 0.315. The highest BCUT2D eigenvalue weighted by molar-refractivity contribution is 4.84. The summed E-state index contributed by atoms with van der Waals surface area (Å²) in [6.07, 6.45) is 5.46. The van der Waals surface area contributed by atoms with Crippen molar-refractivity contribution in [2.45, 2.75) is 32.2 Å². The molecule has 2 unspecified atom stereocenters. The average Bonchev–Trinajstić information content (AvgIpc) is 2.47. The number of unbranched alkanes of at least 4 members (excludes halogenated alkanes) is 1. The topological polar surface area (TPSA) is 23.5 Å². The fraction of sp³-hybridized carbons (Fsp3) is 0.818. The number of likely N-dealkylation sites (tertiary alicyclic amines) is 1. The summed E-state index contributed by atoms with van der Waals surface area (Å²) in [4.78, 5) is 2.41. The molecule has 0 spiro atoms. The number of aliphatic hydroxyl groups is 1. The smallest absolute Gasteiger partial charge is 0.0589 e. The summed E-state index contributed by atoms with van der Waals surface area (Å²) in [5, 5.41) is 9.20. The van der Waals surface area contributed by atoms with Gasteiger partial charge >= 0.3 is 0 Å². The zero-order valence-electron chi connectivity index (χ0n) is 8.58. The van der Waals surface area contributed by atoms with Crippen LogP contribution in [0.25, 0.3) is 0 Å². The Morgan fingerprint density at radius 3 is 3.00 bits per heavy atom. The van der Waals surface area contributed by atoms with E-state index in [1.807, 2.05) is 6.08 Å². The van der Waals surface area contributed by atoms with Crippen molar-refractivity contribution < 1.29 is 5.11 Å². The molecule has 1 heterocycles. The molecule has 1 saturated heterocycles. The van der Waals surface area contributed by atoms with Gasteiger partial charge in [-0.2, -0.15) is 0 Å². The van der Waals surface area contributed by atoms with Gasteiger partial charge < -0.3 is 5.11 Å². The van der Waals surface area contributed by atoms with Gasteiger partial charge in [0.25, 0.3) is 0 Å². The minimum Gasteiger partial charge on any atom is -0.395 e. The first kappa shape index (κ1) is 10.7. The molecular formula is C11H21NO. The Morgan fingerprint density at radius 1 is 1.62 bits per heavy atom. The van der Waals surface area contributed by atoms with E-state index in [1.54, 1.807) is 0 Å². The molecule has 0 aromatic heterocycles. The lowest BCUT2D eigenvalue weighted by Gasteiger charge is -2.24. The maximum absolute atomic E-state index is 9.20. The molecule has 0 bridgehead atoms. The number of hydrogen-bond acceptors (Lipinski definition) is 2. The van der Waals surface area contributed by atoms with Crippen molar-refractivity contribution in [3.05, 3.63) is 12.7 Å². The Kier molecular flexibility index (Phi) is 4.46. The van der Waals surface area contributed by atoms with Crippen LogP contribution in [-0.2, 0) is 0 Å². The summed E-state index contributed by atoms with van der Waals surface area (Å²) in [6, 6.07) is 0.407. The Labute approximate surface area is 81.2 Å². The number of rotatable bonds is 5. The van der Waals surface area contributed by atoms with E-state index < -0.39 is 0 Å². The summed E-state index contributed by atoms with van der Waals surface area (Å²) >= 11 is 0. The molecule has 2 nitrogen and oxygen atoms in total. The van der Waals surface area contributed by atoms with Gasteiger partial charge in [-0.05, 0) is 38.3 Å². The number of hydrogen-bond donors (Lipinski definition) is 1. The zero-order valence-corrected chi connectivity index (χ0v) is 8.58. The van der Waals surface area contributed by atoms with E-state index in [2.05, 4.69) is 18.4 Å². The second-order valence-corrected chi connectivity index (χ2v) is 3.98. The Hall–Kier alpha value is -0.340. The van der Waals surface area contributed by atoms with Crippen LogP contribution in [0.4, 0.5) is 0 Å². The van der Waals surface area contributed by atoms with Crippen LogP contribution in [0.3, 0.4) is 0 Å². The first-order chi connectivity index (χ1) is 6.29. The first-order valence-corrected chi connectivity index (χ1v) is 5.25. The third-order valence-corrected chi connectivity index (χ3v) is 3.04. The van der Waals surface area contributed by atoms with Gasteiger partial charge in [-0.25, -0.2) is 0 Å². The van der Waals surface area contributed by atoms with Crippen LogP contribution < -0.4 is 0 Å². The molecular weight excluding hydrogens is 162 g/mol. The van der Waals surface area contributed by atoms with Gasteiger partial charge in [-0.3, -0.25) is 4.90 Å². The molecule has 0 amide bonds. The summed E-state index contributed by atoms with van der Waals surface area (Å²) in [6.45, 7) is 8.53. The molecule has 0 aromatic rings. The van der Waals surface area contributed by atoms with Gasteiger partial charge in [0.2, 0.25) is 0 Å². The molecule has 76 valence electrons. The van der Waals surface area contributed by atoms with Gasteiger partial charge in [-0.15, -0.1) is 6.58 Å². The second kappa shape index (κ2) is 5.40. The van der Waals surface area contributed by atoms with Gasteiger partial charge in [0.1, 0.15) is 0 Å². The molecule has 1 N–H and O–H groups in total. The van der Waals surface area contributed by atoms with Crippen LogP contribution in [0.5, 0.6) is 0 Å². The first-order valence-electron chi connectivity index (χ1n) is 5.25. The standard InChI is InChI=1S/C11H21NO/c1-3-4-5-7-12-8-6-10(2)11(12)9-13/h3,10-11,13H,1,4-9H2,2H3. The van der Waals surface area contributed by atoms with Crippen LogP contribution in [-0.4, -0.2) is 35.7 Å². The summed E-state index contributed by atoms with van der Waals surface area (Å²) in [5.74, 6) is 0.661. The average molecular weight is 183 g/mol. The van der Waals surface area contributed by atoms with E-state index in [0.29, 0.717) is 18.6 Å². The Bertz CT molecular complexity index is 158. The van der Waals surface area contributed by atoms with E-state index >= 15 is 0 Å². The predicted molar refractivity (Wildman–Crippen MR) is 55.7 cm³/mol. The van der Waals surface area contributed by atoms with Gasteiger partial charge in [0.15, 0.2) is 0 Å². The summed E-state index contributed by atoms with van der Waals surface area (Å²) < 4.78 is 0. The third-order valence-electron chi connectivity index (χ3n) is 3.04. The Morgan fingerprint density at radius 2 is 2.38 bits per heavy atom. The molecule has 2 heteroatoms. The highest BCUT2D eigenvalue weighted by Gasteiger charge is 2.29. The maximum Gasteiger partial charge on any atom is 0.0589 e. The van der Waals surface area contributed by atoms with Crippen molar-refractivity contribution in [3.63, 3.8) is 0 Å². The molecule has 2 atom stereocenters. The van der Waals surface area contributed by atoms with Crippen molar-refractivity contribution in [1.29, 1.82) is 0 Å². The quantitative estimate of drug-likeness (QED) is 0.517. The fourth-order valence-corrected chi connectivity index (χ4v) is 2.10. The van der Waals surface area contributed by atoms with E-state index in [-0.39, 0.29) is 0 Å². The minimum atomic E-state index is 0.315. The van der Waals surface area contributed by atoms with E-state index in [1.165, 1.54) is 12.8 Å². The molecule has 0 saturated carbocycles. The molecule has 1 aliphatic heterocycles. The molecule has 13 heavy (non-hydrogen) atoms. The van der Waals surface area contributed by atoms with Crippen molar-refractivity contribution in [2.75, 3.05) is 19.7 Å². The SMILES string of the molecule is C=CCCCN1CCC(C)C1CO. The number of allylic oxidation sites excluding steroid dienone is 1. The predicted octanol–water partition coefficient (Wildman–Crippen LogP) is 1.66. The second-order valence-electron chi connectivity index (χ2n) is 3.98. The summed E-state index contributed by atoms with van der Waals surface area (Å²) in [7, 11) is 0. The normalized spacial score (nSPS) is 29.4. The Balaban J connectivity index is 2.28. The van der Waals surface area contributed by atoms with E-state index in [4.69, 9.17) is 0 Å². The highest BCUT2D eigenvalue weighted by atomic mass is 16.3. The summed E-state index contributed by atoms with van der Waals surface area (Å²) in [5.41, 5.74) is 0. The fourth-order valence-electron chi connectivity index (χ4n) is 2.10. The van der Waals surface area contributed by atoms with Gasteiger partial charge in [0, 0.05) is 6.04 Å². The van der Waals surface area contributed by atoms with Gasteiger partial charge in [0.05, 0.1) is 6.61 Å². The molecule has 0 aliphatic carbocycles. The lowest BCUT2D eigenvalue weighted by molar-refractivity contribution is 0.138. The molecule has 0 radical (unpaired) electrons. The van der Waals surface area contributed by atoms with Crippen molar-refractivity contribution in [3.8, 4) is 0 Å². The van der Waals surface area contributed by atoms with Crippen molar-refractivity contribution in [2.24, 2.45) is 5.92 Å². The van der Waals surface area contributed by atoms with Crippen molar-refractivity contribution in [1.82, 2.24) is 4.90 Å². The van der Waals surface area contributed by atoms with E-state index in [0.717, 1.165) is 19.5 Å². The van der Waals surface area contributed by atoms with E-state index in [9.17, 15) is 5.11 Å². The molecule has 1 rings (SSSR count). The largest absolute Gasteiger partial charge is 0.395 e. The molecule has 0 aromatic carbocycles. The number of nitrogens with zero attached hydrogens (tertiary/aromatic N) is 1. The van der Waals surface area contributed by atoms with Gasteiger partial charge in [-0.1, -0.05) is 13.0 Å². The maximum atomic E-state index is 9.20. The van der Waals surface area contributed by atoms with Crippen LogP contribution in [0.15, 0.2) is 12.7 Å². The van der Waals surface area contributed by atoms with Crippen molar-refractivity contribution >= 4 is 0 Å². The lowest BCUT2D eigenvalue weighted by atomic mass is 10.0.